The van der Waals surface area contributed by atoms with E-state index in [1.165, 1.54) is 17.0 Å². The summed E-state index contributed by atoms with van der Waals surface area (Å²) in [6.45, 7) is 5.64. The number of amides is 2. The van der Waals surface area contributed by atoms with E-state index in [1.54, 1.807) is 37.4 Å². The van der Waals surface area contributed by atoms with Crippen LogP contribution in [0, 0.1) is 18.6 Å². The van der Waals surface area contributed by atoms with E-state index in [0.717, 1.165) is 11.6 Å². The second-order valence-corrected chi connectivity index (χ2v) is 7.25. The number of hydrogen-bond donors (Lipinski definition) is 2. The third kappa shape index (κ3) is 6.51. The molecule has 1 atom stereocenters. The molecule has 0 aliphatic carbocycles. The first-order chi connectivity index (χ1) is 13.7. The number of carbonyl (C=O) groups excluding carboxylic acids is 2. The summed E-state index contributed by atoms with van der Waals surface area (Å²) in [5.41, 5.74) is 1.77. The van der Waals surface area contributed by atoms with Crippen LogP contribution >= 0.6 is 11.6 Å². The maximum atomic E-state index is 13.9. The molecule has 2 rings (SSSR count). The topological polar surface area (TPSA) is 66.0 Å². The molecule has 0 aliphatic rings. The van der Waals surface area contributed by atoms with E-state index >= 15 is 0 Å². The van der Waals surface area contributed by atoms with Crippen LogP contribution in [-0.4, -0.2) is 36.3 Å². The predicted molar refractivity (Wildman–Crippen MR) is 109 cm³/mol. The number of nitrogens with zero attached hydrogens (tertiary/aromatic N) is 1. The molecule has 0 bridgehead atoms. The van der Waals surface area contributed by atoms with Crippen LogP contribution < -0.4 is 10.6 Å². The largest absolute Gasteiger partial charge is 0.332 e. The Kier molecular flexibility index (Phi) is 8.10. The molecule has 3 N–H and O–H groups in total. The predicted octanol–water partition coefficient (Wildman–Crippen LogP) is 3.04. The van der Waals surface area contributed by atoms with Gasteiger partial charge < -0.3 is 15.5 Å². The molecule has 0 aliphatic heterocycles. The monoisotopic (exact) mass is 424 g/mol. The Morgan fingerprint density at radius 1 is 1.21 bits per heavy atom. The van der Waals surface area contributed by atoms with Crippen molar-refractivity contribution in [3.05, 3.63) is 64.2 Å². The van der Waals surface area contributed by atoms with Crippen molar-refractivity contribution >= 4 is 29.1 Å². The van der Waals surface area contributed by atoms with Gasteiger partial charge in [-0.2, -0.15) is 0 Å². The zero-order valence-electron chi connectivity index (χ0n) is 16.6. The van der Waals surface area contributed by atoms with Crippen LogP contribution in [0.2, 0.25) is 5.02 Å². The molecular weight excluding hydrogens is 400 g/mol. The van der Waals surface area contributed by atoms with E-state index in [2.05, 4.69) is 5.32 Å². The van der Waals surface area contributed by atoms with Crippen LogP contribution in [0.3, 0.4) is 0 Å². The molecule has 0 saturated carbocycles. The number of aryl methyl sites for hydroxylation is 1. The zero-order chi connectivity index (χ0) is 21.6. The van der Waals surface area contributed by atoms with Gasteiger partial charge in [0.15, 0.2) is 6.54 Å². The van der Waals surface area contributed by atoms with Gasteiger partial charge in [0.2, 0.25) is 5.91 Å². The molecule has 0 fully saturated rings. The number of nitrogens with one attached hydrogen (secondary N) is 1. The highest BCUT2D eigenvalue weighted by Gasteiger charge is 2.20. The lowest BCUT2D eigenvalue weighted by molar-refractivity contribution is -0.683. The highest BCUT2D eigenvalue weighted by atomic mass is 35.5. The van der Waals surface area contributed by atoms with E-state index in [-0.39, 0.29) is 30.9 Å². The van der Waals surface area contributed by atoms with Crippen molar-refractivity contribution in [1.29, 1.82) is 0 Å². The smallest absolute Gasteiger partial charge is 0.278 e. The Bertz CT molecular complexity index is 892. The lowest BCUT2D eigenvalue weighted by Gasteiger charge is -2.21. The number of rotatable bonds is 8. The van der Waals surface area contributed by atoms with Crippen molar-refractivity contribution in [2.24, 2.45) is 0 Å². The first kappa shape index (κ1) is 22.8. The number of anilines is 1. The van der Waals surface area contributed by atoms with Gasteiger partial charge in [-0.15, -0.1) is 0 Å². The SMILES string of the molecule is CCN(CC(=O)Nc1cc(Cl)ccc1C)C(=O)C[NH2+][C@H](C)c1ccc(F)cc1F. The minimum absolute atomic E-state index is 0.0370. The lowest BCUT2D eigenvalue weighted by atomic mass is 10.1. The van der Waals surface area contributed by atoms with Crippen LogP contribution in [0.5, 0.6) is 0 Å². The fraction of sp³-hybridized carbons (Fsp3) is 0.333. The molecule has 5 nitrogen and oxygen atoms in total. The van der Waals surface area contributed by atoms with Crippen molar-refractivity contribution in [1.82, 2.24) is 4.90 Å². The Hall–Kier alpha value is -2.51. The normalized spacial score (nSPS) is 11.8. The van der Waals surface area contributed by atoms with E-state index < -0.39 is 11.6 Å². The van der Waals surface area contributed by atoms with Gasteiger partial charge in [0.25, 0.3) is 5.91 Å². The second-order valence-electron chi connectivity index (χ2n) is 6.81. The molecule has 0 aromatic heterocycles. The summed E-state index contributed by atoms with van der Waals surface area (Å²) < 4.78 is 26.9. The van der Waals surface area contributed by atoms with Gasteiger partial charge in [-0.05, 0) is 50.6 Å². The molecule has 0 spiro atoms. The average Bonchev–Trinajstić information content (AvgIpc) is 2.66. The summed E-state index contributed by atoms with van der Waals surface area (Å²) >= 11 is 5.96. The van der Waals surface area contributed by atoms with Crippen LogP contribution in [0.4, 0.5) is 14.5 Å². The third-order valence-corrected chi connectivity index (χ3v) is 4.88. The highest BCUT2D eigenvalue weighted by molar-refractivity contribution is 6.31. The quantitative estimate of drug-likeness (QED) is 0.684. The van der Waals surface area contributed by atoms with Gasteiger partial charge in [0, 0.05) is 28.9 Å². The van der Waals surface area contributed by atoms with Gasteiger partial charge >= 0.3 is 0 Å². The summed E-state index contributed by atoms with van der Waals surface area (Å²) in [5.74, 6) is -1.87. The van der Waals surface area contributed by atoms with E-state index in [4.69, 9.17) is 11.6 Å². The van der Waals surface area contributed by atoms with Crippen LogP contribution in [0.25, 0.3) is 0 Å². The number of halogens is 3. The van der Waals surface area contributed by atoms with Crippen LogP contribution in [0.1, 0.15) is 31.0 Å². The number of nitrogens with two attached hydrogens (primary N) is 1. The van der Waals surface area contributed by atoms with E-state index in [0.29, 0.717) is 22.8 Å². The number of carbonyl (C=O) groups is 2. The van der Waals surface area contributed by atoms with Crippen LogP contribution in [0.15, 0.2) is 36.4 Å². The number of hydrogen-bond acceptors (Lipinski definition) is 2. The minimum atomic E-state index is -0.648. The number of likely N-dealkylation sites (N-methyl/N-ethyl adjacent to an activating group) is 1. The average molecular weight is 425 g/mol. The maximum absolute atomic E-state index is 13.9. The molecule has 0 radical (unpaired) electrons. The van der Waals surface area contributed by atoms with Gasteiger partial charge in [0.05, 0.1) is 0 Å². The molecule has 0 unspecified atom stereocenters. The first-order valence-corrected chi connectivity index (χ1v) is 9.71. The zero-order valence-corrected chi connectivity index (χ0v) is 17.4. The summed E-state index contributed by atoms with van der Waals surface area (Å²) in [6.07, 6.45) is 0. The molecule has 2 amide bonds. The number of benzene rings is 2. The summed E-state index contributed by atoms with van der Waals surface area (Å²) in [6, 6.07) is 8.18. The van der Waals surface area contributed by atoms with Gasteiger partial charge in [-0.1, -0.05) is 17.7 Å². The standard InChI is InChI=1S/C21H24ClF2N3O2/c1-4-27(12-20(28)26-19-9-15(22)6-5-13(19)2)21(29)11-25-14(3)17-8-7-16(23)10-18(17)24/h5-10,14,25H,4,11-12H2,1-3H3,(H,26,28)/p+1/t14-/m1/s1. The molecule has 29 heavy (non-hydrogen) atoms. The van der Waals surface area contributed by atoms with Gasteiger partial charge in [-0.25, -0.2) is 8.78 Å². The maximum Gasteiger partial charge on any atom is 0.278 e. The number of quaternary nitrogens is 1. The minimum Gasteiger partial charge on any atom is -0.332 e. The van der Waals surface area contributed by atoms with Crippen LogP contribution in [-0.2, 0) is 9.59 Å². The summed E-state index contributed by atoms with van der Waals surface area (Å²) in [4.78, 5) is 26.3. The Morgan fingerprint density at radius 2 is 1.93 bits per heavy atom. The molecule has 2 aromatic carbocycles. The van der Waals surface area contributed by atoms with Gasteiger partial charge in [-0.3, -0.25) is 9.59 Å². The van der Waals surface area contributed by atoms with Crippen molar-refractivity contribution in [3.8, 4) is 0 Å². The highest BCUT2D eigenvalue weighted by Crippen LogP contribution is 2.20. The molecule has 2 aromatic rings. The second kappa shape index (κ2) is 10.3. The lowest BCUT2D eigenvalue weighted by Crippen LogP contribution is -2.87. The van der Waals surface area contributed by atoms with Crippen molar-refractivity contribution in [2.45, 2.75) is 26.8 Å². The fourth-order valence-corrected chi connectivity index (χ4v) is 3.04. The Morgan fingerprint density at radius 3 is 2.59 bits per heavy atom. The summed E-state index contributed by atoms with van der Waals surface area (Å²) in [7, 11) is 0. The third-order valence-electron chi connectivity index (χ3n) is 4.64. The molecule has 156 valence electrons. The van der Waals surface area contributed by atoms with Crippen molar-refractivity contribution in [3.63, 3.8) is 0 Å². The Labute approximate surface area is 174 Å². The van der Waals surface area contributed by atoms with Crippen molar-refractivity contribution < 1.29 is 23.7 Å². The molecule has 0 heterocycles. The molecule has 8 heteroatoms. The van der Waals surface area contributed by atoms with E-state index in [1.807, 2.05) is 6.92 Å². The summed E-state index contributed by atoms with van der Waals surface area (Å²) in [5, 5.41) is 4.92. The van der Waals surface area contributed by atoms with Crippen molar-refractivity contribution in [2.75, 3.05) is 25.0 Å². The molecular formula is C21H25ClF2N3O2+. The Balaban J connectivity index is 1.92. The first-order valence-electron chi connectivity index (χ1n) is 9.33. The molecule has 0 saturated heterocycles. The van der Waals surface area contributed by atoms with E-state index in [9.17, 15) is 18.4 Å². The fourth-order valence-electron chi connectivity index (χ4n) is 2.87. The van der Waals surface area contributed by atoms with Gasteiger partial charge in [0.1, 0.15) is 24.2 Å².